The van der Waals surface area contributed by atoms with Crippen molar-refractivity contribution in [3.63, 3.8) is 0 Å². The third kappa shape index (κ3) is 10.0. The van der Waals surface area contributed by atoms with Crippen molar-refractivity contribution in [2.75, 3.05) is 13.2 Å². The molecule has 1 aromatic carbocycles. The van der Waals surface area contributed by atoms with Crippen LogP contribution < -0.4 is 0 Å². The van der Waals surface area contributed by atoms with Crippen LogP contribution in [0, 0.1) is 17.8 Å². The molecule has 0 bridgehead atoms. The molecule has 2 aliphatic rings. The molecule has 2 fully saturated rings. The van der Waals surface area contributed by atoms with E-state index in [0.29, 0.717) is 6.61 Å². The number of carbonyl (C=O) groups excluding carboxylic acids is 1. The maximum atomic E-state index is 11.6. The van der Waals surface area contributed by atoms with Crippen molar-refractivity contribution in [3.8, 4) is 0 Å². The highest BCUT2D eigenvalue weighted by molar-refractivity contribution is 6.77. The predicted molar refractivity (Wildman–Crippen MR) is 159 cm³/mol. The van der Waals surface area contributed by atoms with E-state index < -0.39 is 14.0 Å². The molecule has 3 rings (SSSR count). The molecule has 0 radical (unpaired) electrons. The van der Waals surface area contributed by atoms with Gasteiger partial charge in [-0.3, -0.25) is 0 Å². The number of aryl methyl sites for hydroxylation is 1. The second-order valence-corrected chi connectivity index (χ2v) is 18.2. The minimum absolute atomic E-state index is 0.147. The molecule has 0 amide bonds. The van der Waals surface area contributed by atoms with Gasteiger partial charge < -0.3 is 9.84 Å². The van der Waals surface area contributed by atoms with Gasteiger partial charge in [0.1, 0.15) is 0 Å². The number of hydrogen-bond acceptors (Lipinski definition) is 3. The molecule has 0 spiro atoms. The lowest BCUT2D eigenvalue weighted by atomic mass is 9.68. The highest BCUT2D eigenvalue weighted by Crippen LogP contribution is 2.45. The van der Waals surface area contributed by atoms with Gasteiger partial charge in [-0.05, 0) is 92.6 Å². The topological polar surface area (TPSA) is 46.5 Å². The lowest BCUT2D eigenvalue weighted by molar-refractivity contribution is -0.139. The molecule has 1 aromatic rings. The van der Waals surface area contributed by atoms with Gasteiger partial charge in [0.05, 0.1) is 18.8 Å². The standard InChI is InChI=1S/C33H54O3Si/c1-5-6-7-9-27-10-14-29(15-11-27)31-18-20-32(21-19-31)30-16-12-28(13-17-30)25-37(3,4)23-8-22-36-33(35)26(2)24-34/h10-11,14-15,28,30-32,34H,2,5-9,12-13,16-25H2,1,3-4H3. The van der Waals surface area contributed by atoms with Gasteiger partial charge in [0.25, 0.3) is 0 Å². The van der Waals surface area contributed by atoms with Crippen LogP contribution in [0.15, 0.2) is 36.4 Å². The Morgan fingerprint density at radius 1 is 0.946 bits per heavy atom. The minimum Gasteiger partial charge on any atom is -0.462 e. The van der Waals surface area contributed by atoms with Crippen molar-refractivity contribution in [3.05, 3.63) is 47.5 Å². The molecule has 0 atom stereocenters. The Morgan fingerprint density at radius 2 is 1.57 bits per heavy atom. The largest absolute Gasteiger partial charge is 0.462 e. The van der Waals surface area contributed by atoms with Crippen LogP contribution in [-0.4, -0.2) is 32.4 Å². The van der Waals surface area contributed by atoms with Crippen molar-refractivity contribution in [1.29, 1.82) is 0 Å². The van der Waals surface area contributed by atoms with Crippen molar-refractivity contribution in [2.45, 2.75) is 121 Å². The second-order valence-electron chi connectivity index (χ2n) is 13.0. The maximum Gasteiger partial charge on any atom is 0.335 e. The Labute approximate surface area is 228 Å². The fourth-order valence-corrected chi connectivity index (χ4v) is 10.4. The Morgan fingerprint density at radius 3 is 2.16 bits per heavy atom. The zero-order valence-corrected chi connectivity index (χ0v) is 25.1. The van der Waals surface area contributed by atoms with Crippen LogP contribution in [-0.2, 0) is 16.0 Å². The normalized spacial score (nSPS) is 24.5. The van der Waals surface area contributed by atoms with Crippen LogP contribution >= 0.6 is 0 Å². The molecule has 0 unspecified atom stereocenters. The number of esters is 1. The van der Waals surface area contributed by atoms with Crippen LogP contribution in [0.2, 0.25) is 25.2 Å². The quantitative estimate of drug-likeness (QED) is 0.114. The van der Waals surface area contributed by atoms with Gasteiger partial charge >= 0.3 is 5.97 Å². The first-order valence-corrected chi connectivity index (χ1v) is 18.8. The number of carbonyl (C=O) groups is 1. The van der Waals surface area contributed by atoms with Gasteiger partial charge in [-0.1, -0.05) is 88.6 Å². The molecular formula is C33H54O3Si. The van der Waals surface area contributed by atoms with Crippen molar-refractivity contribution in [2.24, 2.45) is 17.8 Å². The smallest absolute Gasteiger partial charge is 0.335 e. The molecule has 0 heterocycles. The predicted octanol–water partition coefficient (Wildman–Crippen LogP) is 8.69. The Hall–Kier alpha value is -1.39. The lowest BCUT2D eigenvalue weighted by Gasteiger charge is -2.39. The van der Waals surface area contributed by atoms with Crippen LogP contribution in [0.4, 0.5) is 0 Å². The first-order chi connectivity index (χ1) is 17.8. The van der Waals surface area contributed by atoms with Crippen LogP contribution in [0.5, 0.6) is 0 Å². The highest BCUT2D eigenvalue weighted by atomic mass is 28.3. The molecule has 208 valence electrons. The summed E-state index contributed by atoms with van der Waals surface area (Å²) >= 11 is 0. The summed E-state index contributed by atoms with van der Waals surface area (Å²) in [5.41, 5.74) is 3.25. The lowest BCUT2D eigenvalue weighted by Crippen LogP contribution is -2.32. The molecule has 0 saturated heterocycles. The summed E-state index contributed by atoms with van der Waals surface area (Å²) in [4.78, 5) is 11.6. The summed E-state index contributed by atoms with van der Waals surface area (Å²) < 4.78 is 5.24. The Kier molecular flexibility index (Phi) is 12.4. The van der Waals surface area contributed by atoms with E-state index in [1.807, 2.05) is 0 Å². The summed E-state index contributed by atoms with van der Waals surface area (Å²) in [5, 5.41) is 8.98. The molecule has 1 N–H and O–H groups in total. The molecular weight excluding hydrogens is 472 g/mol. The number of unbranched alkanes of at least 4 members (excludes halogenated alkanes) is 2. The molecule has 2 saturated carbocycles. The van der Waals surface area contributed by atoms with E-state index >= 15 is 0 Å². The summed E-state index contributed by atoms with van der Waals surface area (Å²) in [7, 11) is -1.28. The molecule has 4 heteroatoms. The second kappa shape index (κ2) is 15.3. The van der Waals surface area contributed by atoms with E-state index in [9.17, 15) is 4.79 Å². The van der Waals surface area contributed by atoms with Crippen molar-refractivity contribution < 1.29 is 14.6 Å². The van der Waals surface area contributed by atoms with Gasteiger partial charge in [0.2, 0.25) is 0 Å². The van der Waals surface area contributed by atoms with Crippen molar-refractivity contribution in [1.82, 2.24) is 0 Å². The zero-order chi connectivity index (χ0) is 26.7. The zero-order valence-electron chi connectivity index (χ0n) is 24.1. The van der Waals surface area contributed by atoms with Gasteiger partial charge in [0.15, 0.2) is 0 Å². The fraction of sp³-hybridized carbons (Fsp3) is 0.727. The van der Waals surface area contributed by atoms with E-state index in [1.165, 1.54) is 94.7 Å². The van der Waals surface area contributed by atoms with Crippen molar-refractivity contribution >= 4 is 14.0 Å². The summed E-state index contributed by atoms with van der Waals surface area (Å²) in [6.07, 6.45) is 17.5. The number of aliphatic hydroxyl groups is 1. The van der Waals surface area contributed by atoms with Crippen LogP contribution in [0.25, 0.3) is 0 Å². The SMILES string of the molecule is C=C(CO)C(=O)OCCC[Si](C)(C)CC1CCC(C2CCC(c3ccc(CCCCC)cc3)CC2)CC1. The number of benzene rings is 1. The number of ether oxygens (including phenoxy) is 1. The number of rotatable bonds is 14. The van der Waals surface area contributed by atoms with E-state index in [4.69, 9.17) is 9.84 Å². The number of hydrogen-bond donors (Lipinski definition) is 1. The first-order valence-electron chi connectivity index (χ1n) is 15.4. The van der Waals surface area contributed by atoms with E-state index in [2.05, 4.69) is 50.9 Å². The molecule has 0 aliphatic heterocycles. The fourth-order valence-electron chi connectivity index (χ4n) is 7.09. The van der Waals surface area contributed by atoms with Gasteiger partial charge in [0, 0.05) is 8.07 Å². The van der Waals surface area contributed by atoms with Crippen LogP contribution in [0.3, 0.4) is 0 Å². The Balaban J connectivity index is 1.33. The molecule has 0 aromatic heterocycles. The third-order valence-corrected chi connectivity index (χ3v) is 12.8. The van der Waals surface area contributed by atoms with E-state index in [-0.39, 0.29) is 12.2 Å². The van der Waals surface area contributed by atoms with Gasteiger partial charge in [-0.2, -0.15) is 0 Å². The third-order valence-electron chi connectivity index (χ3n) is 9.40. The highest BCUT2D eigenvalue weighted by Gasteiger charge is 2.33. The van der Waals surface area contributed by atoms with Crippen LogP contribution in [0.1, 0.15) is 101 Å². The monoisotopic (exact) mass is 526 g/mol. The van der Waals surface area contributed by atoms with Gasteiger partial charge in [-0.15, -0.1) is 0 Å². The molecule has 37 heavy (non-hydrogen) atoms. The summed E-state index contributed by atoms with van der Waals surface area (Å²) in [6, 6.07) is 12.3. The molecule has 2 aliphatic carbocycles. The average molecular weight is 527 g/mol. The Bertz CT molecular complexity index is 814. The van der Waals surface area contributed by atoms with E-state index in [1.54, 1.807) is 5.56 Å². The summed E-state index contributed by atoms with van der Waals surface area (Å²) in [6.45, 7) is 11.0. The average Bonchev–Trinajstić information content (AvgIpc) is 2.91. The maximum absolute atomic E-state index is 11.6. The first kappa shape index (κ1) is 30.2. The summed E-state index contributed by atoms with van der Waals surface area (Å²) in [5.74, 6) is 3.15. The number of aliphatic hydroxyl groups excluding tert-OH is 1. The molecule has 3 nitrogen and oxygen atoms in total. The van der Waals surface area contributed by atoms with Gasteiger partial charge in [-0.25, -0.2) is 4.79 Å². The van der Waals surface area contributed by atoms with E-state index in [0.717, 1.165) is 30.1 Å². The minimum atomic E-state index is -1.28.